The molecule has 31 heavy (non-hydrogen) atoms. The molecule has 0 radical (unpaired) electrons. The minimum atomic E-state index is -0.996. The average molecular weight is 414 g/mol. The third-order valence-corrected chi connectivity index (χ3v) is 5.90. The summed E-state index contributed by atoms with van der Waals surface area (Å²) in [6, 6.07) is 15.7. The predicted octanol–water partition coefficient (Wildman–Crippen LogP) is 4.37. The van der Waals surface area contributed by atoms with Crippen molar-refractivity contribution in [3.63, 3.8) is 0 Å². The fourth-order valence-corrected chi connectivity index (χ4v) is 3.99. The Morgan fingerprint density at radius 2 is 1.87 bits per heavy atom. The van der Waals surface area contributed by atoms with E-state index in [1.165, 1.54) is 0 Å². The lowest BCUT2D eigenvalue weighted by Gasteiger charge is -2.16. The molecule has 156 valence electrons. The van der Waals surface area contributed by atoms with Crippen LogP contribution in [0.5, 0.6) is 0 Å². The summed E-state index contributed by atoms with van der Waals surface area (Å²) in [6.45, 7) is 1.74. The lowest BCUT2D eigenvalue weighted by molar-refractivity contribution is 0.188. The van der Waals surface area contributed by atoms with Crippen LogP contribution in [-0.4, -0.2) is 30.9 Å². The number of carboxylic acid groups (broad SMARTS) is 1. The van der Waals surface area contributed by atoms with Crippen molar-refractivity contribution in [3.8, 4) is 22.3 Å². The molecule has 0 bridgehead atoms. The average Bonchev–Trinajstić information content (AvgIpc) is 3.42. The number of hydrogen-bond donors (Lipinski definition) is 3. The van der Waals surface area contributed by atoms with Crippen LogP contribution in [0.1, 0.15) is 37.0 Å². The van der Waals surface area contributed by atoms with Crippen molar-refractivity contribution in [1.82, 2.24) is 19.9 Å². The van der Waals surface area contributed by atoms with E-state index in [9.17, 15) is 9.90 Å². The molecule has 2 heterocycles. The number of nitrogens with one attached hydrogen (secondary N) is 1. The maximum absolute atomic E-state index is 11.1. The molecule has 7 heteroatoms. The summed E-state index contributed by atoms with van der Waals surface area (Å²) in [5.41, 5.74) is 5.89. The summed E-state index contributed by atoms with van der Waals surface area (Å²) in [7, 11) is 0. The first kappa shape index (κ1) is 19.3. The molecule has 1 unspecified atom stereocenters. The van der Waals surface area contributed by atoms with Gasteiger partial charge in [-0.05, 0) is 48.1 Å². The molecule has 3 N–H and O–H groups in total. The number of rotatable bonds is 5. The van der Waals surface area contributed by atoms with Crippen molar-refractivity contribution in [3.05, 3.63) is 78.2 Å². The summed E-state index contributed by atoms with van der Waals surface area (Å²) >= 11 is 0. The molecule has 1 fully saturated rings. The zero-order chi connectivity index (χ0) is 21.6. The van der Waals surface area contributed by atoms with E-state index in [-0.39, 0.29) is 0 Å². The van der Waals surface area contributed by atoms with Crippen LogP contribution in [0.4, 0.5) is 4.79 Å². The van der Waals surface area contributed by atoms with E-state index in [4.69, 9.17) is 5.11 Å². The monoisotopic (exact) mass is 414 g/mol. The van der Waals surface area contributed by atoms with Crippen molar-refractivity contribution >= 4 is 11.7 Å². The van der Waals surface area contributed by atoms with Gasteiger partial charge in [-0.3, -0.25) is 0 Å². The first-order valence-electron chi connectivity index (χ1n) is 10.2. The second-order valence-corrected chi connectivity index (χ2v) is 8.06. The number of amides is 1. The van der Waals surface area contributed by atoms with E-state index in [1.54, 1.807) is 17.6 Å². The third kappa shape index (κ3) is 3.53. The van der Waals surface area contributed by atoms with Crippen LogP contribution in [0.25, 0.3) is 27.9 Å². The van der Waals surface area contributed by atoms with Gasteiger partial charge in [-0.15, -0.1) is 0 Å². The molecule has 7 nitrogen and oxygen atoms in total. The fraction of sp³-hybridized carbons (Fsp3) is 0.208. The highest BCUT2D eigenvalue weighted by Gasteiger charge is 2.45. The van der Waals surface area contributed by atoms with Gasteiger partial charge in [-0.1, -0.05) is 42.5 Å². The standard InChI is InChI=1S/C24H22N4O3/c1-15(29)17-3-2-4-18(11-17)21-13-26-28-14-19(12-25-22(21)28)16-5-7-20(8-6-16)24(9-10-24)27-23(30)31/h2-8,11-15,27,29H,9-10H2,1H3,(H,30,31). The molecule has 1 aliphatic carbocycles. The second kappa shape index (κ2) is 7.21. The summed E-state index contributed by atoms with van der Waals surface area (Å²) in [4.78, 5) is 15.7. The normalized spacial score (nSPS) is 15.5. The van der Waals surface area contributed by atoms with E-state index in [0.717, 1.165) is 51.9 Å². The van der Waals surface area contributed by atoms with Gasteiger partial charge in [0.15, 0.2) is 5.65 Å². The molecule has 0 aliphatic heterocycles. The molecule has 0 spiro atoms. The Kier molecular flexibility index (Phi) is 4.48. The van der Waals surface area contributed by atoms with Crippen LogP contribution in [0.2, 0.25) is 0 Å². The van der Waals surface area contributed by atoms with E-state index < -0.39 is 17.7 Å². The van der Waals surface area contributed by atoms with Gasteiger partial charge in [-0.2, -0.15) is 5.10 Å². The Hall–Kier alpha value is -3.71. The van der Waals surface area contributed by atoms with Crippen LogP contribution in [0.3, 0.4) is 0 Å². The Balaban J connectivity index is 1.45. The highest BCUT2D eigenvalue weighted by atomic mass is 16.4. The molecule has 2 aromatic carbocycles. The topological polar surface area (TPSA) is 99.8 Å². The molecule has 2 aromatic heterocycles. The maximum Gasteiger partial charge on any atom is 0.405 e. The smallest absolute Gasteiger partial charge is 0.405 e. The van der Waals surface area contributed by atoms with Crippen LogP contribution in [0, 0.1) is 0 Å². The summed E-state index contributed by atoms with van der Waals surface area (Å²) in [5, 5.41) is 26.0. The number of aromatic nitrogens is 3. The first-order valence-corrected chi connectivity index (χ1v) is 10.2. The lowest BCUT2D eigenvalue weighted by atomic mass is 10.0. The third-order valence-electron chi connectivity index (χ3n) is 5.90. The summed E-state index contributed by atoms with van der Waals surface area (Å²) in [5.74, 6) is 0. The van der Waals surface area contributed by atoms with Crippen molar-refractivity contribution in [1.29, 1.82) is 0 Å². The molecule has 1 atom stereocenters. The van der Waals surface area contributed by atoms with Gasteiger partial charge in [0, 0.05) is 23.5 Å². The van der Waals surface area contributed by atoms with Crippen molar-refractivity contribution in [2.75, 3.05) is 0 Å². The molecule has 1 saturated carbocycles. The van der Waals surface area contributed by atoms with Gasteiger partial charge in [-0.25, -0.2) is 14.3 Å². The molecular formula is C24H22N4O3. The second-order valence-electron chi connectivity index (χ2n) is 8.06. The highest BCUT2D eigenvalue weighted by Crippen LogP contribution is 2.45. The Morgan fingerprint density at radius 3 is 2.55 bits per heavy atom. The maximum atomic E-state index is 11.1. The minimum absolute atomic E-state index is 0.440. The number of benzene rings is 2. The van der Waals surface area contributed by atoms with Gasteiger partial charge < -0.3 is 15.5 Å². The number of carbonyl (C=O) groups is 1. The number of fused-ring (bicyclic) bond motifs is 1. The predicted molar refractivity (Wildman–Crippen MR) is 117 cm³/mol. The van der Waals surface area contributed by atoms with E-state index in [0.29, 0.717) is 0 Å². The quantitative estimate of drug-likeness (QED) is 0.450. The van der Waals surface area contributed by atoms with Crippen LogP contribution >= 0.6 is 0 Å². The van der Waals surface area contributed by atoms with E-state index >= 15 is 0 Å². The van der Waals surface area contributed by atoms with Crippen molar-refractivity contribution in [2.45, 2.75) is 31.4 Å². The Bertz CT molecular complexity index is 1270. The Labute approximate surface area is 179 Å². The number of aliphatic hydroxyl groups excluding tert-OH is 1. The number of aliphatic hydroxyl groups is 1. The fourth-order valence-electron chi connectivity index (χ4n) is 3.99. The lowest BCUT2D eigenvalue weighted by Crippen LogP contribution is -2.33. The Morgan fingerprint density at radius 1 is 1.10 bits per heavy atom. The number of nitrogens with zero attached hydrogens (tertiary/aromatic N) is 3. The first-order chi connectivity index (χ1) is 14.9. The van der Waals surface area contributed by atoms with Gasteiger partial charge in [0.25, 0.3) is 0 Å². The SMILES string of the molecule is CC(O)c1cccc(-c2cnn3cc(-c4ccc(C5(NC(=O)O)CC5)cc4)cnc23)c1. The largest absolute Gasteiger partial charge is 0.465 e. The summed E-state index contributed by atoms with van der Waals surface area (Å²) < 4.78 is 1.75. The molecule has 1 aliphatic rings. The van der Waals surface area contributed by atoms with E-state index in [1.807, 2.05) is 60.9 Å². The van der Waals surface area contributed by atoms with Gasteiger partial charge in [0.2, 0.25) is 0 Å². The zero-order valence-corrected chi connectivity index (χ0v) is 17.0. The zero-order valence-electron chi connectivity index (χ0n) is 17.0. The minimum Gasteiger partial charge on any atom is -0.465 e. The number of hydrogen-bond acceptors (Lipinski definition) is 4. The van der Waals surface area contributed by atoms with Gasteiger partial charge in [0.05, 0.1) is 17.8 Å². The molecular weight excluding hydrogens is 392 g/mol. The van der Waals surface area contributed by atoms with Crippen molar-refractivity contribution < 1.29 is 15.0 Å². The molecule has 5 rings (SSSR count). The van der Waals surface area contributed by atoms with Gasteiger partial charge in [0.1, 0.15) is 0 Å². The van der Waals surface area contributed by atoms with Crippen LogP contribution in [-0.2, 0) is 5.54 Å². The van der Waals surface area contributed by atoms with Gasteiger partial charge >= 0.3 is 6.09 Å². The van der Waals surface area contributed by atoms with Crippen molar-refractivity contribution in [2.24, 2.45) is 0 Å². The van der Waals surface area contributed by atoms with E-state index in [2.05, 4.69) is 15.4 Å². The molecule has 1 amide bonds. The summed E-state index contributed by atoms with van der Waals surface area (Å²) in [6.07, 6.45) is 5.63. The van der Waals surface area contributed by atoms with Crippen LogP contribution < -0.4 is 5.32 Å². The highest BCUT2D eigenvalue weighted by molar-refractivity contribution is 5.78. The molecule has 0 saturated heterocycles. The van der Waals surface area contributed by atoms with Crippen LogP contribution in [0.15, 0.2) is 67.1 Å². The molecule has 4 aromatic rings.